The highest BCUT2D eigenvalue weighted by Gasteiger charge is 2.12. The van der Waals surface area contributed by atoms with Crippen molar-refractivity contribution in [2.75, 3.05) is 13.2 Å². The molecule has 0 aliphatic carbocycles. The van der Waals surface area contributed by atoms with Crippen LogP contribution >= 0.6 is 11.6 Å². The van der Waals surface area contributed by atoms with E-state index in [2.05, 4.69) is 16.0 Å². The standard InChI is InChI=1S/C25H24ClN3O2/c1-18-5-4-6-21(17-18)31-16-15-29-23-8-3-2-7-22(23)28-24(29)13-14-27-25(30)19-9-11-20(26)12-10-19/h2-12,17H,13-16H2,1H3,(H,27,30). The van der Waals surface area contributed by atoms with Crippen molar-refractivity contribution in [2.24, 2.45) is 0 Å². The summed E-state index contributed by atoms with van der Waals surface area (Å²) in [6, 6.07) is 22.9. The molecule has 0 bridgehead atoms. The molecule has 0 fully saturated rings. The van der Waals surface area contributed by atoms with Crippen LogP contribution in [0.3, 0.4) is 0 Å². The third kappa shape index (κ3) is 5.25. The Hall–Kier alpha value is -3.31. The molecule has 6 heteroatoms. The fraction of sp³-hybridized carbons (Fsp3) is 0.200. The van der Waals surface area contributed by atoms with E-state index in [0.29, 0.717) is 36.7 Å². The van der Waals surface area contributed by atoms with Gasteiger partial charge in [-0.1, -0.05) is 35.9 Å². The smallest absolute Gasteiger partial charge is 0.251 e. The highest BCUT2D eigenvalue weighted by atomic mass is 35.5. The van der Waals surface area contributed by atoms with Crippen LogP contribution in [0, 0.1) is 6.92 Å². The Labute approximate surface area is 186 Å². The summed E-state index contributed by atoms with van der Waals surface area (Å²) >= 11 is 5.89. The molecule has 4 aromatic rings. The Morgan fingerprint density at radius 1 is 1.06 bits per heavy atom. The lowest BCUT2D eigenvalue weighted by Crippen LogP contribution is -2.26. The second kappa shape index (κ2) is 9.67. The monoisotopic (exact) mass is 433 g/mol. The minimum atomic E-state index is -0.123. The molecule has 158 valence electrons. The Morgan fingerprint density at radius 2 is 1.87 bits per heavy atom. The maximum atomic E-state index is 12.4. The highest BCUT2D eigenvalue weighted by molar-refractivity contribution is 6.30. The molecule has 1 aromatic heterocycles. The zero-order valence-corrected chi connectivity index (χ0v) is 18.1. The van der Waals surface area contributed by atoms with Crippen LogP contribution in [0.2, 0.25) is 5.02 Å². The highest BCUT2D eigenvalue weighted by Crippen LogP contribution is 2.18. The van der Waals surface area contributed by atoms with Gasteiger partial charge in [0.15, 0.2) is 0 Å². The van der Waals surface area contributed by atoms with E-state index in [4.69, 9.17) is 21.3 Å². The lowest BCUT2D eigenvalue weighted by atomic mass is 10.2. The van der Waals surface area contributed by atoms with Crippen molar-refractivity contribution in [1.29, 1.82) is 0 Å². The second-order valence-electron chi connectivity index (χ2n) is 7.35. The number of hydrogen-bond donors (Lipinski definition) is 1. The van der Waals surface area contributed by atoms with Crippen LogP contribution in [0.4, 0.5) is 0 Å². The van der Waals surface area contributed by atoms with Gasteiger partial charge in [-0.25, -0.2) is 4.98 Å². The van der Waals surface area contributed by atoms with Gasteiger partial charge >= 0.3 is 0 Å². The van der Waals surface area contributed by atoms with Crippen LogP contribution in [-0.4, -0.2) is 28.6 Å². The molecule has 4 rings (SSSR count). The van der Waals surface area contributed by atoms with Crippen LogP contribution in [0.5, 0.6) is 5.75 Å². The Morgan fingerprint density at radius 3 is 2.68 bits per heavy atom. The summed E-state index contributed by atoms with van der Waals surface area (Å²) in [7, 11) is 0. The van der Waals surface area contributed by atoms with Crippen molar-refractivity contribution in [3.8, 4) is 5.75 Å². The summed E-state index contributed by atoms with van der Waals surface area (Å²) in [6.07, 6.45) is 0.623. The van der Waals surface area contributed by atoms with E-state index in [1.165, 1.54) is 5.56 Å². The summed E-state index contributed by atoms with van der Waals surface area (Å²) in [4.78, 5) is 17.1. The van der Waals surface area contributed by atoms with Crippen molar-refractivity contribution < 1.29 is 9.53 Å². The maximum Gasteiger partial charge on any atom is 0.251 e. The summed E-state index contributed by atoms with van der Waals surface area (Å²) in [5.74, 6) is 1.66. The minimum absolute atomic E-state index is 0.123. The third-order valence-corrected chi connectivity index (χ3v) is 5.30. The van der Waals surface area contributed by atoms with Crippen molar-refractivity contribution in [3.63, 3.8) is 0 Å². The second-order valence-corrected chi connectivity index (χ2v) is 7.78. The van der Waals surface area contributed by atoms with Gasteiger partial charge < -0.3 is 14.6 Å². The van der Waals surface area contributed by atoms with Gasteiger partial charge in [0.2, 0.25) is 0 Å². The molecule has 0 unspecified atom stereocenters. The average molecular weight is 434 g/mol. The number of nitrogens with one attached hydrogen (secondary N) is 1. The molecule has 1 amide bonds. The van der Waals surface area contributed by atoms with E-state index in [0.717, 1.165) is 22.6 Å². The number of carbonyl (C=O) groups excluding carboxylic acids is 1. The van der Waals surface area contributed by atoms with Crippen LogP contribution in [0.15, 0.2) is 72.8 Å². The Kier molecular flexibility index (Phi) is 6.53. The van der Waals surface area contributed by atoms with E-state index in [1.807, 2.05) is 49.4 Å². The number of halogens is 1. The molecule has 0 aliphatic heterocycles. The van der Waals surface area contributed by atoms with Crippen molar-refractivity contribution in [1.82, 2.24) is 14.9 Å². The number of nitrogens with zero attached hydrogens (tertiary/aromatic N) is 2. The number of aryl methyl sites for hydroxylation is 1. The molecule has 5 nitrogen and oxygen atoms in total. The van der Waals surface area contributed by atoms with E-state index in [1.54, 1.807) is 24.3 Å². The molecule has 0 atom stereocenters. The van der Waals surface area contributed by atoms with Crippen molar-refractivity contribution in [2.45, 2.75) is 19.9 Å². The number of ether oxygens (including phenoxy) is 1. The molecule has 0 aliphatic rings. The Bertz CT molecular complexity index is 1190. The van der Waals surface area contributed by atoms with Gasteiger partial charge in [-0.15, -0.1) is 0 Å². The van der Waals surface area contributed by atoms with Gasteiger partial charge in [-0.05, 0) is 61.0 Å². The zero-order chi connectivity index (χ0) is 21.6. The first-order chi connectivity index (χ1) is 15.1. The topological polar surface area (TPSA) is 56.1 Å². The first-order valence-corrected chi connectivity index (χ1v) is 10.7. The quantitative estimate of drug-likeness (QED) is 0.423. The van der Waals surface area contributed by atoms with Crippen LogP contribution in [-0.2, 0) is 13.0 Å². The number of para-hydroxylation sites is 2. The first kappa shape index (κ1) is 20.9. The van der Waals surface area contributed by atoms with E-state index in [9.17, 15) is 4.79 Å². The number of fused-ring (bicyclic) bond motifs is 1. The summed E-state index contributed by atoms with van der Waals surface area (Å²) in [6.45, 7) is 3.75. The maximum absolute atomic E-state index is 12.4. The number of benzene rings is 3. The van der Waals surface area contributed by atoms with Gasteiger partial charge in [0.05, 0.1) is 17.6 Å². The van der Waals surface area contributed by atoms with Gasteiger partial charge in [-0.3, -0.25) is 4.79 Å². The molecular formula is C25H24ClN3O2. The fourth-order valence-electron chi connectivity index (χ4n) is 3.52. The van der Waals surface area contributed by atoms with Gasteiger partial charge in [-0.2, -0.15) is 0 Å². The van der Waals surface area contributed by atoms with Crippen LogP contribution in [0.25, 0.3) is 11.0 Å². The average Bonchev–Trinajstić information content (AvgIpc) is 3.12. The number of amides is 1. The summed E-state index contributed by atoms with van der Waals surface area (Å²) < 4.78 is 8.11. The number of imidazole rings is 1. The molecule has 0 saturated carbocycles. The molecular weight excluding hydrogens is 410 g/mol. The van der Waals surface area contributed by atoms with E-state index >= 15 is 0 Å². The van der Waals surface area contributed by atoms with Gasteiger partial charge in [0, 0.05) is 23.6 Å². The van der Waals surface area contributed by atoms with Crippen LogP contribution < -0.4 is 10.1 Å². The molecule has 1 heterocycles. The van der Waals surface area contributed by atoms with Crippen LogP contribution in [0.1, 0.15) is 21.7 Å². The van der Waals surface area contributed by atoms with Gasteiger partial charge in [0.1, 0.15) is 18.2 Å². The zero-order valence-electron chi connectivity index (χ0n) is 17.3. The SMILES string of the molecule is Cc1cccc(OCCn2c(CCNC(=O)c3ccc(Cl)cc3)nc3ccccc32)c1. The largest absolute Gasteiger partial charge is 0.492 e. The number of carbonyl (C=O) groups is 1. The number of rotatable bonds is 8. The molecule has 31 heavy (non-hydrogen) atoms. The summed E-state index contributed by atoms with van der Waals surface area (Å²) in [5.41, 5.74) is 3.76. The Balaban J connectivity index is 1.42. The van der Waals surface area contributed by atoms with E-state index < -0.39 is 0 Å². The number of aromatic nitrogens is 2. The predicted octanol–water partition coefficient (Wildman–Crippen LogP) is 5.05. The lowest BCUT2D eigenvalue weighted by molar-refractivity contribution is 0.0954. The predicted molar refractivity (Wildman–Crippen MR) is 124 cm³/mol. The molecule has 1 N–H and O–H groups in total. The normalized spacial score (nSPS) is 10.9. The lowest BCUT2D eigenvalue weighted by Gasteiger charge is -2.12. The molecule has 0 radical (unpaired) electrons. The third-order valence-electron chi connectivity index (χ3n) is 5.05. The fourth-order valence-corrected chi connectivity index (χ4v) is 3.64. The molecule has 0 saturated heterocycles. The minimum Gasteiger partial charge on any atom is -0.492 e. The first-order valence-electron chi connectivity index (χ1n) is 10.3. The molecule has 0 spiro atoms. The van der Waals surface area contributed by atoms with Crippen molar-refractivity contribution in [3.05, 3.63) is 94.8 Å². The summed E-state index contributed by atoms with van der Waals surface area (Å²) in [5, 5.41) is 3.57. The van der Waals surface area contributed by atoms with E-state index in [-0.39, 0.29) is 5.91 Å². The number of hydrogen-bond acceptors (Lipinski definition) is 3. The van der Waals surface area contributed by atoms with Gasteiger partial charge in [0.25, 0.3) is 5.91 Å². The molecule has 3 aromatic carbocycles. The van der Waals surface area contributed by atoms with Crippen molar-refractivity contribution >= 4 is 28.5 Å².